The number of hydrogen-bond acceptors (Lipinski definition) is 8. The molecule has 3 aromatic rings. The van der Waals surface area contributed by atoms with Gasteiger partial charge in [0.05, 0.1) is 10.9 Å². The van der Waals surface area contributed by atoms with Crippen LogP contribution in [0.15, 0.2) is 53.4 Å². The molecule has 2 heterocycles. The van der Waals surface area contributed by atoms with Crippen molar-refractivity contribution in [1.82, 2.24) is 24.4 Å². The van der Waals surface area contributed by atoms with Crippen LogP contribution in [-0.4, -0.2) is 67.9 Å². The van der Waals surface area contributed by atoms with Gasteiger partial charge < -0.3 is 19.3 Å². The normalized spacial score (nSPS) is 15.7. The maximum Gasteiger partial charge on any atom is 0.387 e. The molecule has 1 saturated heterocycles. The second kappa shape index (κ2) is 11.4. The standard InChI is InChI=1S/C24H30F2N6O4S/c1-4-32-22(17(2)29-37(33,34)21-10-8-19(9-11-21)35-23(25)26)27-28-24(32)36-20-7-5-6-18(16-20)31-14-12-30(3)13-15-31/h5-11,16-17,23,29H,4,12-15H2,1-3H3/t17-/m1/s1. The van der Waals surface area contributed by atoms with E-state index >= 15 is 0 Å². The lowest BCUT2D eigenvalue weighted by Crippen LogP contribution is -2.44. The van der Waals surface area contributed by atoms with Crippen LogP contribution < -0.4 is 19.1 Å². The zero-order chi connectivity index (χ0) is 26.6. The fourth-order valence-corrected chi connectivity index (χ4v) is 5.26. The minimum Gasteiger partial charge on any atom is -0.435 e. The van der Waals surface area contributed by atoms with E-state index in [9.17, 15) is 17.2 Å². The minimum atomic E-state index is -3.97. The van der Waals surface area contributed by atoms with E-state index in [0.717, 1.165) is 31.9 Å². The number of benzene rings is 2. The molecule has 37 heavy (non-hydrogen) atoms. The predicted octanol–water partition coefficient (Wildman–Crippen LogP) is 3.48. The van der Waals surface area contributed by atoms with Crippen LogP contribution >= 0.6 is 0 Å². The summed E-state index contributed by atoms with van der Waals surface area (Å²) in [7, 11) is -1.87. The summed E-state index contributed by atoms with van der Waals surface area (Å²) in [6, 6.07) is 12.0. The monoisotopic (exact) mass is 536 g/mol. The first kappa shape index (κ1) is 26.8. The Labute approximate surface area is 214 Å². The molecule has 0 aliphatic carbocycles. The van der Waals surface area contributed by atoms with Crippen molar-refractivity contribution in [2.75, 3.05) is 38.1 Å². The van der Waals surface area contributed by atoms with Gasteiger partial charge in [-0.1, -0.05) is 11.2 Å². The van der Waals surface area contributed by atoms with Gasteiger partial charge in [0, 0.05) is 44.5 Å². The number of halogens is 2. The van der Waals surface area contributed by atoms with Crippen LogP contribution in [0.4, 0.5) is 14.5 Å². The summed E-state index contributed by atoms with van der Waals surface area (Å²) in [5.74, 6) is 0.838. The van der Waals surface area contributed by atoms with Crippen LogP contribution in [-0.2, 0) is 16.6 Å². The van der Waals surface area contributed by atoms with Crippen LogP contribution in [0.1, 0.15) is 25.7 Å². The molecule has 4 rings (SSSR count). The second-order valence-electron chi connectivity index (χ2n) is 8.67. The Kier molecular flexibility index (Phi) is 8.25. The first-order chi connectivity index (χ1) is 17.7. The molecule has 1 atom stereocenters. The quantitative estimate of drug-likeness (QED) is 0.420. The molecule has 0 amide bonds. The third-order valence-corrected chi connectivity index (χ3v) is 7.59. The maximum atomic E-state index is 12.9. The molecular formula is C24H30F2N6O4S. The highest BCUT2D eigenvalue weighted by atomic mass is 32.2. The van der Waals surface area contributed by atoms with Crippen molar-refractivity contribution in [3.05, 3.63) is 54.4 Å². The Hall–Kier alpha value is -3.29. The van der Waals surface area contributed by atoms with Crippen molar-refractivity contribution < 1.29 is 26.7 Å². The van der Waals surface area contributed by atoms with Crippen molar-refractivity contribution >= 4 is 15.7 Å². The van der Waals surface area contributed by atoms with Crippen molar-refractivity contribution in [3.63, 3.8) is 0 Å². The van der Waals surface area contributed by atoms with E-state index in [1.807, 2.05) is 31.2 Å². The lowest BCUT2D eigenvalue weighted by molar-refractivity contribution is -0.0498. The van der Waals surface area contributed by atoms with Crippen LogP contribution in [0.3, 0.4) is 0 Å². The fourth-order valence-electron chi connectivity index (χ4n) is 4.06. The molecule has 1 fully saturated rings. The van der Waals surface area contributed by atoms with Crippen LogP contribution in [0.25, 0.3) is 0 Å². The Morgan fingerprint density at radius 2 is 1.73 bits per heavy atom. The summed E-state index contributed by atoms with van der Waals surface area (Å²) < 4.78 is 65.0. The Balaban J connectivity index is 1.47. The van der Waals surface area contributed by atoms with Gasteiger partial charge in [-0.3, -0.25) is 4.57 Å². The zero-order valence-corrected chi connectivity index (χ0v) is 21.7. The second-order valence-corrected chi connectivity index (χ2v) is 10.4. The van der Waals surface area contributed by atoms with Gasteiger partial charge in [0.2, 0.25) is 10.0 Å². The molecule has 1 aliphatic heterocycles. The molecule has 1 aliphatic rings. The van der Waals surface area contributed by atoms with Gasteiger partial charge in [-0.15, -0.1) is 5.10 Å². The Bertz CT molecular complexity index is 1290. The number of ether oxygens (including phenoxy) is 2. The summed E-state index contributed by atoms with van der Waals surface area (Å²) >= 11 is 0. The van der Waals surface area contributed by atoms with Crippen molar-refractivity contribution in [2.24, 2.45) is 0 Å². The Morgan fingerprint density at radius 1 is 1.03 bits per heavy atom. The topological polar surface area (TPSA) is 102 Å². The molecular weight excluding hydrogens is 506 g/mol. The average molecular weight is 537 g/mol. The van der Waals surface area contributed by atoms with Crippen LogP contribution in [0.2, 0.25) is 0 Å². The zero-order valence-electron chi connectivity index (χ0n) is 20.8. The molecule has 0 bridgehead atoms. The van der Waals surface area contributed by atoms with E-state index in [1.165, 1.54) is 24.3 Å². The fraction of sp³-hybridized carbons (Fsp3) is 0.417. The van der Waals surface area contributed by atoms with E-state index in [4.69, 9.17) is 4.74 Å². The average Bonchev–Trinajstić information content (AvgIpc) is 3.27. The number of rotatable bonds is 10. The third-order valence-electron chi connectivity index (χ3n) is 6.04. The third kappa shape index (κ3) is 6.53. The number of nitrogens with one attached hydrogen (secondary N) is 1. The van der Waals surface area contributed by atoms with Gasteiger partial charge in [0.25, 0.3) is 0 Å². The van der Waals surface area contributed by atoms with Crippen molar-refractivity contribution in [1.29, 1.82) is 0 Å². The molecule has 0 unspecified atom stereocenters. The molecule has 1 N–H and O–H groups in total. The van der Waals surface area contributed by atoms with Gasteiger partial charge in [-0.05, 0) is 57.3 Å². The van der Waals surface area contributed by atoms with E-state index < -0.39 is 22.7 Å². The smallest absolute Gasteiger partial charge is 0.387 e. The van der Waals surface area contributed by atoms with Crippen LogP contribution in [0, 0.1) is 0 Å². The first-order valence-electron chi connectivity index (χ1n) is 11.9. The van der Waals surface area contributed by atoms with Gasteiger partial charge in [-0.25, -0.2) is 13.1 Å². The number of likely N-dealkylation sites (N-methyl/N-ethyl adjacent to an activating group) is 1. The number of hydrogen-bond donors (Lipinski definition) is 1. The SMILES string of the molecule is CCn1c(Oc2cccc(N3CCN(C)CC3)c2)nnc1[C@@H](C)NS(=O)(=O)c1ccc(OC(F)F)cc1. The number of sulfonamides is 1. The molecule has 200 valence electrons. The molecule has 10 nitrogen and oxygen atoms in total. The van der Waals surface area contributed by atoms with Crippen LogP contribution in [0.5, 0.6) is 17.5 Å². The summed E-state index contributed by atoms with van der Waals surface area (Å²) in [5, 5.41) is 8.32. The largest absolute Gasteiger partial charge is 0.435 e. The van der Waals surface area contributed by atoms with E-state index in [0.29, 0.717) is 18.1 Å². The van der Waals surface area contributed by atoms with Gasteiger partial charge >= 0.3 is 12.6 Å². The highest BCUT2D eigenvalue weighted by Crippen LogP contribution is 2.28. The molecule has 0 saturated carbocycles. The number of alkyl halides is 2. The summed E-state index contributed by atoms with van der Waals surface area (Å²) in [6.45, 7) is 4.79. The predicted molar refractivity (Wildman–Crippen MR) is 134 cm³/mol. The summed E-state index contributed by atoms with van der Waals surface area (Å²) in [4.78, 5) is 4.49. The Morgan fingerprint density at radius 3 is 2.38 bits per heavy atom. The van der Waals surface area contributed by atoms with E-state index in [1.54, 1.807) is 11.5 Å². The van der Waals surface area contributed by atoms with Gasteiger partial charge in [0.15, 0.2) is 5.82 Å². The lowest BCUT2D eigenvalue weighted by Gasteiger charge is -2.34. The number of aromatic nitrogens is 3. The summed E-state index contributed by atoms with van der Waals surface area (Å²) in [5.41, 5.74) is 1.06. The van der Waals surface area contributed by atoms with Gasteiger partial charge in [-0.2, -0.15) is 8.78 Å². The van der Waals surface area contributed by atoms with E-state index in [-0.39, 0.29) is 16.7 Å². The molecule has 13 heteroatoms. The number of anilines is 1. The highest BCUT2D eigenvalue weighted by molar-refractivity contribution is 7.89. The molecule has 0 spiro atoms. The van der Waals surface area contributed by atoms with Gasteiger partial charge in [0.1, 0.15) is 11.5 Å². The van der Waals surface area contributed by atoms with Crippen molar-refractivity contribution in [3.8, 4) is 17.5 Å². The van der Waals surface area contributed by atoms with E-state index in [2.05, 4.69) is 36.5 Å². The lowest BCUT2D eigenvalue weighted by atomic mass is 10.2. The number of nitrogens with zero attached hydrogens (tertiary/aromatic N) is 5. The first-order valence-corrected chi connectivity index (χ1v) is 13.4. The number of piperazine rings is 1. The molecule has 1 aromatic heterocycles. The maximum absolute atomic E-state index is 12.9. The summed E-state index contributed by atoms with van der Waals surface area (Å²) in [6.07, 6.45) is 0. The minimum absolute atomic E-state index is 0.0966. The molecule has 0 radical (unpaired) electrons. The van der Waals surface area contributed by atoms with Crippen molar-refractivity contribution in [2.45, 2.75) is 37.9 Å². The molecule has 2 aromatic carbocycles. The highest BCUT2D eigenvalue weighted by Gasteiger charge is 2.24.